The minimum atomic E-state index is -3.36. The van der Waals surface area contributed by atoms with E-state index in [0.717, 1.165) is 35.5 Å². The zero-order valence-electron chi connectivity index (χ0n) is 19.5. The van der Waals surface area contributed by atoms with Crippen molar-refractivity contribution in [2.24, 2.45) is 5.92 Å². The summed E-state index contributed by atoms with van der Waals surface area (Å²) in [5.74, 6) is -5.44. The standard InChI is InChI=1S/C26H33F2NO4S/c1-18(7-5-10-19-8-3-2-4-9-19)22(30)14-12-20-17-26(27,28)25(33)29(20)16-6-11-21-13-15-23(34-21)24(31)32/h2-4,8-9,13,15,18,20,22,30H,5-7,10-12,14,16-17H2,1H3,(H,31,32)/t18-,20?,22-/m1/s1. The Morgan fingerprint density at radius 2 is 1.88 bits per heavy atom. The molecular formula is C26H33F2NO4S. The third kappa shape index (κ3) is 7.09. The molecule has 2 heterocycles. The van der Waals surface area contributed by atoms with Crippen LogP contribution in [0.15, 0.2) is 42.5 Å². The number of hydrogen-bond donors (Lipinski definition) is 2. The second-order valence-electron chi connectivity index (χ2n) is 9.24. The molecule has 0 saturated carbocycles. The summed E-state index contributed by atoms with van der Waals surface area (Å²) >= 11 is 1.16. The molecule has 1 fully saturated rings. The summed E-state index contributed by atoms with van der Waals surface area (Å²) in [6.45, 7) is 2.18. The van der Waals surface area contributed by atoms with E-state index >= 15 is 0 Å². The lowest BCUT2D eigenvalue weighted by Crippen LogP contribution is -2.37. The number of thiophene rings is 1. The zero-order chi connectivity index (χ0) is 24.7. The highest BCUT2D eigenvalue weighted by Crippen LogP contribution is 2.36. The van der Waals surface area contributed by atoms with E-state index in [1.807, 2.05) is 25.1 Å². The van der Waals surface area contributed by atoms with E-state index in [1.54, 1.807) is 6.07 Å². The first-order chi connectivity index (χ1) is 16.2. The molecule has 1 aromatic heterocycles. The molecule has 0 spiro atoms. The number of benzene rings is 1. The largest absolute Gasteiger partial charge is 0.477 e. The quantitative estimate of drug-likeness (QED) is 0.391. The average Bonchev–Trinajstić information content (AvgIpc) is 3.36. The molecule has 0 radical (unpaired) electrons. The Hall–Kier alpha value is -2.32. The third-order valence-corrected chi connectivity index (χ3v) is 7.75. The minimum absolute atomic E-state index is 0.0528. The average molecular weight is 494 g/mol. The molecule has 1 aromatic carbocycles. The third-order valence-electron chi connectivity index (χ3n) is 6.62. The Bertz CT molecular complexity index is 949. The van der Waals surface area contributed by atoms with Crippen molar-refractivity contribution < 1.29 is 28.6 Å². The van der Waals surface area contributed by atoms with E-state index in [2.05, 4.69) is 12.1 Å². The van der Waals surface area contributed by atoms with Crippen LogP contribution in [-0.4, -0.2) is 51.6 Å². The lowest BCUT2D eigenvalue weighted by molar-refractivity contribution is -0.148. The molecule has 186 valence electrons. The Morgan fingerprint density at radius 3 is 2.56 bits per heavy atom. The number of aryl methyl sites for hydroxylation is 2. The van der Waals surface area contributed by atoms with Crippen LogP contribution in [0.1, 0.15) is 65.6 Å². The number of halogens is 2. The fourth-order valence-corrected chi connectivity index (χ4v) is 5.46. The van der Waals surface area contributed by atoms with E-state index in [0.29, 0.717) is 25.7 Å². The van der Waals surface area contributed by atoms with Crippen molar-refractivity contribution in [3.63, 3.8) is 0 Å². The van der Waals surface area contributed by atoms with Gasteiger partial charge in [-0.25, -0.2) is 4.79 Å². The Labute approximate surface area is 203 Å². The van der Waals surface area contributed by atoms with E-state index in [1.165, 1.54) is 16.5 Å². The summed E-state index contributed by atoms with van der Waals surface area (Å²) in [4.78, 5) is 25.6. The second kappa shape index (κ2) is 11.9. The topological polar surface area (TPSA) is 77.8 Å². The predicted octanol–water partition coefficient (Wildman–Crippen LogP) is 5.42. The van der Waals surface area contributed by atoms with Gasteiger partial charge in [0.15, 0.2) is 0 Å². The number of likely N-dealkylation sites (tertiary alicyclic amines) is 1. The lowest BCUT2D eigenvalue weighted by Gasteiger charge is -2.26. The summed E-state index contributed by atoms with van der Waals surface area (Å²) < 4.78 is 28.3. The number of hydrogen-bond acceptors (Lipinski definition) is 4. The number of carboxylic acids is 1. The molecule has 3 atom stereocenters. The van der Waals surface area contributed by atoms with Gasteiger partial charge in [0.25, 0.3) is 5.91 Å². The van der Waals surface area contributed by atoms with Gasteiger partial charge in [-0.15, -0.1) is 11.3 Å². The monoisotopic (exact) mass is 493 g/mol. The van der Waals surface area contributed by atoms with Crippen LogP contribution >= 0.6 is 11.3 Å². The van der Waals surface area contributed by atoms with Gasteiger partial charge >= 0.3 is 11.9 Å². The molecule has 1 unspecified atom stereocenters. The van der Waals surface area contributed by atoms with Crippen LogP contribution in [0.3, 0.4) is 0 Å². The number of aromatic carboxylic acids is 1. The summed E-state index contributed by atoms with van der Waals surface area (Å²) in [6.07, 6.45) is 3.35. The number of carboxylic acid groups (broad SMARTS) is 1. The zero-order valence-corrected chi connectivity index (χ0v) is 20.3. The molecule has 2 aromatic rings. The first-order valence-electron chi connectivity index (χ1n) is 11.9. The van der Waals surface area contributed by atoms with Gasteiger partial charge in [-0.05, 0) is 68.6 Å². The van der Waals surface area contributed by atoms with Crippen LogP contribution in [0.2, 0.25) is 0 Å². The summed E-state index contributed by atoms with van der Waals surface area (Å²) in [5.41, 5.74) is 1.26. The van der Waals surface area contributed by atoms with Crippen LogP contribution in [0.25, 0.3) is 0 Å². The van der Waals surface area contributed by atoms with Crippen LogP contribution in [-0.2, 0) is 17.6 Å². The number of aliphatic hydroxyl groups is 1. The van der Waals surface area contributed by atoms with E-state index in [4.69, 9.17) is 5.11 Å². The molecule has 1 saturated heterocycles. The van der Waals surface area contributed by atoms with Crippen molar-refractivity contribution in [1.82, 2.24) is 4.90 Å². The van der Waals surface area contributed by atoms with Gasteiger partial charge in [0.1, 0.15) is 4.88 Å². The number of carbonyl (C=O) groups is 2. The molecular weight excluding hydrogens is 460 g/mol. The fraction of sp³-hybridized carbons (Fsp3) is 0.538. The predicted molar refractivity (Wildman–Crippen MR) is 128 cm³/mol. The fourth-order valence-electron chi connectivity index (χ4n) is 4.58. The van der Waals surface area contributed by atoms with Crippen molar-refractivity contribution in [2.45, 2.75) is 76.4 Å². The molecule has 1 aliphatic heterocycles. The molecule has 3 rings (SSSR count). The van der Waals surface area contributed by atoms with Crippen molar-refractivity contribution >= 4 is 23.2 Å². The van der Waals surface area contributed by atoms with Gasteiger partial charge in [-0.1, -0.05) is 37.3 Å². The number of carbonyl (C=O) groups excluding carboxylic acids is 1. The normalized spacial score (nSPS) is 19.4. The maximum atomic E-state index is 14.2. The molecule has 5 nitrogen and oxygen atoms in total. The molecule has 2 N–H and O–H groups in total. The lowest BCUT2D eigenvalue weighted by atomic mass is 9.92. The molecule has 34 heavy (non-hydrogen) atoms. The number of aliphatic hydroxyl groups excluding tert-OH is 1. The number of amides is 1. The number of rotatable bonds is 13. The second-order valence-corrected chi connectivity index (χ2v) is 10.4. The first-order valence-corrected chi connectivity index (χ1v) is 12.7. The maximum Gasteiger partial charge on any atom is 0.345 e. The molecule has 8 heteroatoms. The maximum absolute atomic E-state index is 14.2. The van der Waals surface area contributed by atoms with E-state index < -0.39 is 36.4 Å². The van der Waals surface area contributed by atoms with E-state index in [9.17, 15) is 23.5 Å². The molecule has 0 bridgehead atoms. The van der Waals surface area contributed by atoms with Crippen molar-refractivity contribution in [1.29, 1.82) is 0 Å². The summed E-state index contributed by atoms with van der Waals surface area (Å²) in [7, 11) is 0. The van der Waals surface area contributed by atoms with Crippen molar-refractivity contribution in [3.05, 3.63) is 57.8 Å². The van der Waals surface area contributed by atoms with E-state index in [-0.39, 0.29) is 17.3 Å². The van der Waals surface area contributed by atoms with Crippen LogP contribution in [0.5, 0.6) is 0 Å². The molecule has 1 aliphatic rings. The van der Waals surface area contributed by atoms with Gasteiger partial charge in [-0.3, -0.25) is 4.79 Å². The number of alkyl halides is 2. The first kappa shape index (κ1) is 26.3. The van der Waals surface area contributed by atoms with Gasteiger partial charge < -0.3 is 15.1 Å². The van der Waals surface area contributed by atoms with Gasteiger partial charge in [0, 0.05) is 23.9 Å². The molecule has 1 amide bonds. The Balaban J connectivity index is 1.45. The highest BCUT2D eigenvalue weighted by atomic mass is 32.1. The van der Waals surface area contributed by atoms with Gasteiger partial charge in [0.05, 0.1) is 6.10 Å². The van der Waals surface area contributed by atoms with Crippen LogP contribution < -0.4 is 0 Å². The van der Waals surface area contributed by atoms with Crippen LogP contribution in [0.4, 0.5) is 8.78 Å². The summed E-state index contributed by atoms with van der Waals surface area (Å²) in [5, 5.41) is 19.6. The van der Waals surface area contributed by atoms with Crippen molar-refractivity contribution in [3.8, 4) is 0 Å². The summed E-state index contributed by atoms with van der Waals surface area (Å²) in [6, 6.07) is 12.8. The van der Waals surface area contributed by atoms with Gasteiger partial charge in [0.2, 0.25) is 0 Å². The Morgan fingerprint density at radius 1 is 1.15 bits per heavy atom. The molecule has 0 aliphatic carbocycles. The highest BCUT2D eigenvalue weighted by molar-refractivity contribution is 7.13. The Kier molecular flexibility index (Phi) is 9.19. The van der Waals surface area contributed by atoms with Crippen LogP contribution in [0, 0.1) is 5.92 Å². The van der Waals surface area contributed by atoms with Gasteiger partial charge in [-0.2, -0.15) is 8.78 Å². The highest BCUT2D eigenvalue weighted by Gasteiger charge is 2.52. The van der Waals surface area contributed by atoms with Crippen molar-refractivity contribution in [2.75, 3.05) is 6.54 Å². The SMILES string of the molecule is C[C@H](CCCc1ccccc1)[C@H](O)CCC1CC(F)(F)C(=O)N1CCCc1ccc(C(=O)O)s1. The minimum Gasteiger partial charge on any atom is -0.477 e. The smallest absolute Gasteiger partial charge is 0.345 e. The number of nitrogens with zero attached hydrogens (tertiary/aromatic N) is 1.